The van der Waals surface area contributed by atoms with Crippen LogP contribution in [0.3, 0.4) is 0 Å². The molecule has 1 amide bonds. The summed E-state index contributed by atoms with van der Waals surface area (Å²) in [5.41, 5.74) is 1.15. The minimum absolute atomic E-state index is 0.0718. The maximum Gasteiger partial charge on any atom is 0.261 e. The van der Waals surface area contributed by atoms with Gasteiger partial charge in [0, 0.05) is 16.2 Å². The molecule has 0 saturated heterocycles. The van der Waals surface area contributed by atoms with Gasteiger partial charge >= 0.3 is 0 Å². The molecule has 2 aromatic carbocycles. The molecule has 156 valence electrons. The summed E-state index contributed by atoms with van der Waals surface area (Å²) in [5.74, 6) is 1.45. The zero-order valence-electron chi connectivity index (χ0n) is 17.1. The van der Waals surface area contributed by atoms with E-state index >= 15 is 0 Å². The first-order valence-electron chi connectivity index (χ1n) is 9.56. The number of hydrogen-bond donors (Lipinski definition) is 2. The summed E-state index contributed by atoms with van der Waals surface area (Å²) in [5, 5.41) is 5.93. The number of nitrogens with one attached hydrogen (secondary N) is 2. The summed E-state index contributed by atoms with van der Waals surface area (Å²) < 4.78 is 12.3. The van der Waals surface area contributed by atoms with Crippen LogP contribution in [0, 0.1) is 5.92 Å². The number of thiocarbonyl (C=S) groups is 1. The first-order valence-corrected chi connectivity index (χ1v) is 10.8. The Morgan fingerprint density at radius 3 is 2.59 bits per heavy atom. The van der Waals surface area contributed by atoms with Crippen LogP contribution in [-0.2, 0) is 0 Å². The fraction of sp³-hybridized carbons (Fsp3) is 0.364. The highest BCUT2D eigenvalue weighted by molar-refractivity contribution is 9.10. The van der Waals surface area contributed by atoms with Crippen molar-refractivity contribution in [2.75, 3.05) is 11.9 Å². The molecule has 2 aromatic rings. The Kier molecular flexibility index (Phi) is 8.92. The number of ether oxygens (including phenoxy) is 2. The third-order valence-corrected chi connectivity index (χ3v) is 4.53. The van der Waals surface area contributed by atoms with Gasteiger partial charge in [-0.25, -0.2) is 0 Å². The topological polar surface area (TPSA) is 59.6 Å². The average Bonchev–Trinajstić information content (AvgIpc) is 2.62. The van der Waals surface area contributed by atoms with Gasteiger partial charge < -0.3 is 14.8 Å². The van der Waals surface area contributed by atoms with Crippen LogP contribution in [-0.4, -0.2) is 23.7 Å². The fourth-order valence-corrected chi connectivity index (χ4v) is 3.03. The van der Waals surface area contributed by atoms with Crippen LogP contribution >= 0.6 is 28.1 Å². The van der Waals surface area contributed by atoms with Crippen LogP contribution < -0.4 is 20.1 Å². The van der Waals surface area contributed by atoms with Crippen molar-refractivity contribution in [2.45, 2.75) is 40.2 Å². The Morgan fingerprint density at radius 1 is 1.14 bits per heavy atom. The summed E-state index contributed by atoms with van der Waals surface area (Å²) >= 11 is 8.71. The smallest absolute Gasteiger partial charge is 0.261 e. The quantitative estimate of drug-likeness (QED) is 0.470. The Balaban J connectivity index is 2.04. The van der Waals surface area contributed by atoms with Crippen molar-refractivity contribution in [3.8, 4) is 11.5 Å². The molecule has 29 heavy (non-hydrogen) atoms. The average molecular weight is 479 g/mol. The van der Waals surface area contributed by atoms with E-state index in [0.717, 1.165) is 22.3 Å². The fourth-order valence-electron chi connectivity index (χ4n) is 2.46. The van der Waals surface area contributed by atoms with Crippen molar-refractivity contribution >= 4 is 44.9 Å². The van der Waals surface area contributed by atoms with Crippen molar-refractivity contribution in [2.24, 2.45) is 5.92 Å². The van der Waals surface area contributed by atoms with Crippen molar-refractivity contribution in [3.63, 3.8) is 0 Å². The van der Waals surface area contributed by atoms with Crippen molar-refractivity contribution in [3.05, 3.63) is 52.5 Å². The van der Waals surface area contributed by atoms with Gasteiger partial charge in [0.1, 0.15) is 11.5 Å². The molecule has 2 N–H and O–H groups in total. The summed E-state index contributed by atoms with van der Waals surface area (Å²) in [6, 6.07) is 12.8. The predicted molar refractivity (Wildman–Crippen MR) is 125 cm³/mol. The molecule has 0 unspecified atom stereocenters. The number of benzene rings is 2. The Bertz CT molecular complexity index is 856. The Hall–Kier alpha value is -2.12. The number of rotatable bonds is 8. The summed E-state index contributed by atoms with van der Waals surface area (Å²) in [4.78, 5) is 12.8. The van der Waals surface area contributed by atoms with Gasteiger partial charge in [-0.1, -0.05) is 35.8 Å². The maximum absolute atomic E-state index is 12.8. The highest BCUT2D eigenvalue weighted by Gasteiger charge is 2.15. The third-order valence-electron chi connectivity index (χ3n) is 3.83. The molecule has 0 aromatic heterocycles. The lowest BCUT2D eigenvalue weighted by molar-refractivity contribution is 0.0973. The van der Waals surface area contributed by atoms with E-state index in [1.807, 2.05) is 44.2 Å². The van der Waals surface area contributed by atoms with Gasteiger partial charge in [0.15, 0.2) is 5.11 Å². The van der Waals surface area contributed by atoms with Crippen LogP contribution in [0.1, 0.15) is 44.5 Å². The molecule has 0 atom stereocenters. The molecular weight excluding hydrogens is 452 g/mol. The van der Waals surface area contributed by atoms with E-state index in [0.29, 0.717) is 23.8 Å². The molecule has 0 heterocycles. The van der Waals surface area contributed by atoms with Crippen LogP contribution in [0.2, 0.25) is 0 Å². The van der Waals surface area contributed by atoms with Crippen LogP contribution in [0.25, 0.3) is 0 Å². The van der Waals surface area contributed by atoms with Gasteiger partial charge in [-0.2, -0.15) is 0 Å². The zero-order chi connectivity index (χ0) is 21.4. The number of halogens is 1. The van der Waals surface area contributed by atoms with Gasteiger partial charge in [-0.3, -0.25) is 10.1 Å². The number of amides is 1. The normalized spacial score (nSPS) is 10.7. The highest BCUT2D eigenvalue weighted by atomic mass is 79.9. The third kappa shape index (κ3) is 8.03. The lowest BCUT2D eigenvalue weighted by atomic mass is 10.1. The molecule has 7 heteroatoms. The lowest BCUT2D eigenvalue weighted by Gasteiger charge is -2.15. The van der Waals surface area contributed by atoms with Crippen molar-refractivity contribution in [1.82, 2.24) is 5.32 Å². The van der Waals surface area contributed by atoms with Gasteiger partial charge in [-0.05, 0) is 68.7 Å². The molecule has 0 radical (unpaired) electrons. The SMILES string of the molecule is CC(C)CCOc1ccc(Br)cc1C(=O)NC(=S)Nc1cccc(OC(C)C)c1. The summed E-state index contributed by atoms with van der Waals surface area (Å²) in [6.07, 6.45) is 0.980. The standard InChI is InChI=1S/C22H27BrN2O3S/c1-14(2)10-11-27-20-9-8-16(23)12-19(20)21(26)25-22(29)24-17-6-5-7-18(13-17)28-15(3)4/h5-9,12-15H,10-11H2,1-4H3,(H2,24,25,26,29). The molecule has 0 spiro atoms. The first-order chi connectivity index (χ1) is 13.7. The number of hydrogen-bond acceptors (Lipinski definition) is 4. The second-order valence-corrected chi connectivity index (χ2v) is 8.60. The molecule has 0 bridgehead atoms. The largest absolute Gasteiger partial charge is 0.493 e. The predicted octanol–water partition coefficient (Wildman–Crippen LogP) is 5.79. The lowest BCUT2D eigenvalue weighted by Crippen LogP contribution is -2.34. The molecule has 0 aliphatic rings. The van der Waals surface area contributed by atoms with E-state index in [4.69, 9.17) is 21.7 Å². The number of carbonyl (C=O) groups excluding carboxylic acids is 1. The monoisotopic (exact) mass is 478 g/mol. The van der Waals surface area contributed by atoms with Crippen LogP contribution in [0.5, 0.6) is 11.5 Å². The van der Waals surface area contributed by atoms with Gasteiger partial charge in [0.05, 0.1) is 18.3 Å². The van der Waals surface area contributed by atoms with E-state index in [1.54, 1.807) is 12.1 Å². The Labute approximate surface area is 186 Å². The maximum atomic E-state index is 12.8. The van der Waals surface area contributed by atoms with Gasteiger partial charge in [-0.15, -0.1) is 0 Å². The molecule has 0 aliphatic carbocycles. The van der Waals surface area contributed by atoms with E-state index in [-0.39, 0.29) is 17.1 Å². The molecule has 0 fully saturated rings. The first kappa shape index (κ1) is 23.2. The van der Waals surface area contributed by atoms with E-state index in [1.165, 1.54) is 0 Å². The highest BCUT2D eigenvalue weighted by Crippen LogP contribution is 2.24. The summed E-state index contributed by atoms with van der Waals surface area (Å²) in [7, 11) is 0. The van der Waals surface area contributed by atoms with E-state index in [2.05, 4.69) is 40.4 Å². The van der Waals surface area contributed by atoms with Gasteiger partial charge in [0.2, 0.25) is 0 Å². The second-order valence-electron chi connectivity index (χ2n) is 7.27. The minimum atomic E-state index is -0.335. The number of anilines is 1. The van der Waals surface area contributed by atoms with E-state index in [9.17, 15) is 4.79 Å². The summed E-state index contributed by atoms with van der Waals surface area (Å²) in [6.45, 7) is 8.73. The molecule has 0 saturated carbocycles. The molecule has 2 rings (SSSR count). The van der Waals surface area contributed by atoms with Crippen molar-refractivity contribution < 1.29 is 14.3 Å². The molecule has 5 nitrogen and oxygen atoms in total. The van der Waals surface area contributed by atoms with Crippen LogP contribution in [0.4, 0.5) is 5.69 Å². The zero-order valence-corrected chi connectivity index (χ0v) is 19.5. The molecule has 0 aliphatic heterocycles. The second kappa shape index (κ2) is 11.2. The van der Waals surface area contributed by atoms with E-state index < -0.39 is 0 Å². The van der Waals surface area contributed by atoms with Gasteiger partial charge in [0.25, 0.3) is 5.91 Å². The molecular formula is C22H27BrN2O3S. The number of carbonyl (C=O) groups is 1. The van der Waals surface area contributed by atoms with Crippen LogP contribution in [0.15, 0.2) is 46.9 Å². The minimum Gasteiger partial charge on any atom is -0.493 e. The van der Waals surface area contributed by atoms with Crippen molar-refractivity contribution in [1.29, 1.82) is 0 Å². The Morgan fingerprint density at radius 2 is 1.90 bits per heavy atom.